The molecule has 0 aliphatic carbocycles. The van der Waals surface area contributed by atoms with Crippen molar-refractivity contribution < 1.29 is 12.8 Å². The first-order valence-corrected chi connectivity index (χ1v) is 10.7. The smallest absolute Gasteiger partial charge is 0.212 e. The van der Waals surface area contributed by atoms with Gasteiger partial charge in [-0.05, 0) is 47.5 Å². The van der Waals surface area contributed by atoms with E-state index in [4.69, 9.17) is 0 Å². The molecular weight excluding hydrogens is 377 g/mol. The Morgan fingerprint density at radius 1 is 1.04 bits per heavy atom. The third-order valence-corrected chi connectivity index (χ3v) is 7.89. The van der Waals surface area contributed by atoms with E-state index in [1.54, 1.807) is 24.4 Å². The first-order chi connectivity index (χ1) is 13.5. The number of nitrogens with zero attached hydrogens (tertiary/aromatic N) is 3. The van der Waals surface area contributed by atoms with Crippen LogP contribution in [0.1, 0.15) is 17.2 Å². The lowest BCUT2D eigenvalue weighted by Crippen LogP contribution is -2.26. The van der Waals surface area contributed by atoms with E-state index in [1.807, 2.05) is 24.3 Å². The van der Waals surface area contributed by atoms with Crippen molar-refractivity contribution in [3.63, 3.8) is 0 Å². The summed E-state index contributed by atoms with van der Waals surface area (Å²) in [4.78, 5) is 10.6. The molecule has 3 aromatic rings. The minimum atomic E-state index is -3.35. The number of pyridine rings is 2. The lowest BCUT2D eigenvalue weighted by atomic mass is 9.95. The molecule has 142 valence electrons. The Balaban J connectivity index is 1.48. The van der Waals surface area contributed by atoms with E-state index in [9.17, 15) is 12.8 Å². The number of benzene rings is 1. The van der Waals surface area contributed by atoms with E-state index in [1.165, 1.54) is 12.3 Å². The molecule has 2 aromatic heterocycles. The largest absolute Gasteiger partial charge is 0.296 e. The fourth-order valence-electron chi connectivity index (χ4n) is 4.30. The average molecular weight is 395 g/mol. The van der Waals surface area contributed by atoms with Crippen molar-refractivity contribution in [2.24, 2.45) is 0 Å². The van der Waals surface area contributed by atoms with Crippen LogP contribution in [0, 0.1) is 5.95 Å². The summed E-state index contributed by atoms with van der Waals surface area (Å²) in [6.07, 6.45) is 3.22. The van der Waals surface area contributed by atoms with Crippen LogP contribution in [0.3, 0.4) is 0 Å². The zero-order chi connectivity index (χ0) is 19.3. The molecule has 1 aromatic carbocycles. The van der Waals surface area contributed by atoms with Crippen LogP contribution in [0.2, 0.25) is 0 Å². The van der Waals surface area contributed by atoms with E-state index in [2.05, 4.69) is 14.9 Å². The van der Waals surface area contributed by atoms with Crippen molar-refractivity contribution in [1.29, 1.82) is 0 Å². The number of rotatable bonds is 3. The molecule has 4 heterocycles. The predicted molar refractivity (Wildman–Crippen MR) is 103 cm³/mol. The molecule has 5 rings (SSSR count). The van der Waals surface area contributed by atoms with E-state index < -0.39 is 21.0 Å². The summed E-state index contributed by atoms with van der Waals surface area (Å²) in [6, 6.07) is 14.1. The van der Waals surface area contributed by atoms with E-state index >= 15 is 0 Å². The molecule has 0 unspecified atom stereocenters. The van der Waals surface area contributed by atoms with Gasteiger partial charge in [-0.25, -0.2) is 13.4 Å². The maximum Gasteiger partial charge on any atom is 0.212 e. The fourth-order valence-corrected chi connectivity index (χ4v) is 6.50. The molecule has 2 atom stereocenters. The zero-order valence-corrected chi connectivity index (χ0v) is 15.8. The molecule has 0 bridgehead atoms. The first-order valence-electron chi connectivity index (χ1n) is 9.14. The highest BCUT2D eigenvalue weighted by Gasteiger charge is 2.50. The number of fused-ring (bicyclic) bond motifs is 3. The van der Waals surface area contributed by atoms with Gasteiger partial charge in [-0.1, -0.05) is 12.1 Å². The van der Waals surface area contributed by atoms with Crippen LogP contribution in [0.5, 0.6) is 0 Å². The molecule has 1 fully saturated rings. The SMILES string of the molecule is O=S1(=O)c2ccc(-c3ccc(F)nc3)cc2[C@@H]2CN(Cc3ccccn3)C[C@H]21. The van der Waals surface area contributed by atoms with Crippen molar-refractivity contribution in [3.8, 4) is 11.1 Å². The minimum Gasteiger partial charge on any atom is -0.296 e. The average Bonchev–Trinajstić information content (AvgIpc) is 3.21. The Morgan fingerprint density at radius 2 is 1.89 bits per heavy atom. The Bertz CT molecular complexity index is 1130. The Labute approximate surface area is 162 Å². The molecule has 0 amide bonds. The van der Waals surface area contributed by atoms with Gasteiger partial charge in [0.25, 0.3) is 0 Å². The van der Waals surface area contributed by atoms with Crippen LogP contribution in [0.4, 0.5) is 4.39 Å². The molecule has 1 saturated heterocycles. The van der Waals surface area contributed by atoms with Gasteiger partial charge >= 0.3 is 0 Å². The second kappa shape index (κ2) is 6.46. The number of hydrogen-bond donors (Lipinski definition) is 0. The summed E-state index contributed by atoms with van der Waals surface area (Å²) in [5.41, 5.74) is 3.42. The number of aromatic nitrogens is 2. The zero-order valence-electron chi connectivity index (χ0n) is 15.0. The second-order valence-corrected chi connectivity index (χ2v) is 9.46. The molecule has 7 heteroatoms. The van der Waals surface area contributed by atoms with Gasteiger partial charge in [-0.15, -0.1) is 0 Å². The van der Waals surface area contributed by atoms with E-state index in [0.29, 0.717) is 24.5 Å². The van der Waals surface area contributed by atoms with Gasteiger partial charge in [0.15, 0.2) is 9.84 Å². The van der Waals surface area contributed by atoms with Crippen molar-refractivity contribution >= 4 is 9.84 Å². The minimum absolute atomic E-state index is 0.0583. The first kappa shape index (κ1) is 17.5. The van der Waals surface area contributed by atoms with Crippen LogP contribution in [0.25, 0.3) is 11.1 Å². The standard InChI is InChI=1S/C21H18FN3O2S/c22-21-7-5-15(10-24-21)14-4-6-19-17(9-14)18-12-25(13-20(18)28(19,26)27)11-16-3-1-2-8-23-16/h1-10,18,20H,11-13H2/t18-,20+/m0/s1. The molecular formula is C21H18FN3O2S. The lowest BCUT2D eigenvalue weighted by Gasteiger charge is -2.17. The van der Waals surface area contributed by atoms with Crippen molar-refractivity contribution in [3.05, 3.63) is 78.1 Å². The summed E-state index contributed by atoms with van der Waals surface area (Å²) in [5.74, 6) is -0.592. The summed E-state index contributed by atoms with van der Waals surface area (Å²) >= 11 is 0. The third kappa shape index (κ3) is 2.82. The van der Waals surface area contributed by atoms with Crippen LogP contribution >= 0.6 is 0 Å². The summed E-state index contributed by atoms with van der Waals surface area (Å²) in [7, 11) is -3.35. The molecule has 2 aliphatic rings. The van der Waals surface area contributed by atoms with Crippen LogP contribution in [0.15, 0.2) is 65.8 Å². The van der Waals surface area contributed by atoms with Gasteiger partial charge in [-0.3, -0.25) is 9.88 Å². The van der Waals surface area contributed by atoms with Gasteiger partial charge in [0, 0.05) is 43.5 Å². The molecule has 0 spiro atoms. The summed E-state index contributed by atoms with van der Waals surface area (Å²) < 4.78 is 39.2. The normalized spacial score (nSPS) is 22.8. The van der Waals surface area contributed by atoms with Crippen molar-refractivity contribution in [2.45, 2.75) is 22.6 Å². The summed E-state index contributed by atoms with van der Waals surface area (Å²) in [6.45, 7) is 1.82. The van der Waals surface area contributed by atoms with Gasteiger partial charge in [0.1, 0.15) is 0 Å². The summed E-state index contributed by atoms with van der Waals surface area (Å²) in [5, 5.41) is -0.423. The Morgan fingerprint density at radius 3 is 2.64 bits per heavy atom. The molecule has 28 heavy (non-hydrogen) atoms. The Kier molecular flexibility index (Phi) is 4.03. The monoisotopic (exact) mass is 395 g/mol. The van der Waals surface area contributed by atoms with Gasteiger partial charge in [-0.2, -0.15) is 4.39 Å². The molecule has 0 saturated carbocycles. The van der Waals surface area contributed by atoms with Gasteiger partial charge in [0.2, 0.25) is 5.95 Å². The maximum absolute atomic E-state index is 13.1. The highest BCUT2D eigenvalue weighted by Crippen LogP contribution is 2.46. The number of halogens is 1. The molecule has 0 N–H and O–H groups in total. The van der Waals surface area contributed by atoms with Crippen LogP contribution in [-0.2, 0) is 16.4 Å². The van der Waals surface area contributed by atoms with E-state index in [-0.39, 0.29) is 5.92 Å². The lowest BCUT2D eigenvalue weighted by molar-refractivity contribution is 0.321. The molecule has 2 aliphatic heterocycles. The highest BCUT2D eigenvalue weighted by atomic mass is 32.2. The molecule has 0 radical (unpaired) electrons. The molecule has 5 nitrogen and oxygen atoms in total. The Hall–Kier alpha value is -2.64. The topological polar surface area (TPSA) is 63.2 Å². The number of hydrogen-bond acceptors (Lipinski definition) is 5. The highest BCUT2D eigenvalue weighted by molar-refractivity contribution is 7.92. The quantitative estimate of drug-likeness (QED) is 0.638. The van der Waals surface area contributed by atoms with E-state index in [0.717, 1.165) is 22.4 Å². The maximum atomic E-state index is 13.1. The van der Waals surface area contributed by atoms with Crippen molar-refractivity contribution in [2.75, 3.05) is 13.1 Å². The van der Waals surface area contributed by atoms with Crippen molar-refractivity contribution in [1.82, 2.24) is 14.9 Å². The number of likely N-dealkylation sites (tertiary alicyclic amines) is 1. The third-order valence-electron chi connectivity index (χ3n) is 5.63. The number of sulfone groups is 1. The van der Waals surface area contributed by atoms with Crippen LogP contribution < -0.4 is 0 Å². The van der Waals surface area contributed by atoms with Gasteiger partial charge in [0.05, 0.1) is 15.8 Å². The van der Waals surface area contributed by atoms with Crippen LogP contribution in [-0.4, -0.2) is 41.6 Å². The fraction of sp³-hybridized carbons (Fsp3) is 0.238. The predicted octanol–water partition coefficient (Wildman–Crippen LogP) is 3.04. The second-order valence-electron chi connectivity index (χ2n) is 7.33. The van der Waals surface area contributed by atoms with Gasteiger partial charge < -0.3 is 0 Å².